The number of amides is 1. The molecule has 210 valence electrons. The molecule has 9 heteroatoms. The Balaban J connectivity index is 1.07. The normalized spacial score (nSPS) is 21.3. The summed E-state index contributed by atoms with van der Waals surface area (Å²) in [6.07, 6.45) is 10.2. The molecule has 5 rings (SSSR count). The second-order valence-corrected chi connectivity index (χ2v) is 12.6. The number of nitrogens with zero attached hydrogens (tertiary/aromatic N) is 4. The van der Waals surface area contributed by atoms with E-state index in [1.807, 2.05) is 38.1 Å². The molecule has 0 saturated heterocycles. The van der Waals surface area contributed by atoms with Crippen LogP contribution < -0.4 is 11.1 Å². The number of nitrogens with two attached hydrogens (primary N) is 1. The summed E-state index contributed by atoms with van der Waals surface area (Å²) in [5.41, 5.74) is 8.72. The fourth-order valence-electron chi connectivity index (χ4n) is 6.02. The number of carbonyl (C=O) groups excluding carboxylic acids is 1. The average Bonchev–Trinajstić information content (AvgIpc) is 3.58. The van der Waals surface area contributed by atoms with Gasteiger partial charge in [0.15, 0.2) is 5.13 Å². The Morgan fingerprint density at radius 2 is 1.90 bits per heavy atom. The van der Waals surface area contributed by atoms with Crippen molar-refractivity contribution in [2.24, 2.45) is 5.92 Å². The van der Waals surface area contributed by atoms with Gasteiger partial charge in [-0.2, -0.15) is 4.98 Å². The number of carbonyl (C=O) groups is 1. The highest BCUT2D eigenvalue weighted by atomic mass is 32.1. The predicted molar refractivity (Wildman–Crippen MR) is 156 cm³/mol. The van der Waals surface area contributed by atoms with Crippen molar-refractivity contribution in [3.63, 3.8) is 0 Å². The molecule has 0 spiro atoms. The van der Waals surface area contributed by atoms with Gasteiger partial charge in [0.25, 0.3) is 5.91 Å². The van der Waals surface area contributed by atoms with Crippen molar-refractivity contribution in [3.05, 3.63) is 46.3 Å². The van der Waals surface area contributed by atoms with Gasteiger partial charge in [-0.15, -0.1) is 11.3 Å². The summed E-state index contributed by atoms with van der Waals surface area (Å²) < 4.78 is 5.30. The summed E-state index contributed by atoms with van der Waals surface area (Å²) in [6, 6.07) is 8.33. The number of rotatable bonds is 10. The number of aryl methyl sites for hydroxylation is 1. The Morgan fingerprint density at radius 1 is 1.13 bits per heavy atom. The molecule has 2 heterocycles. The van der Waals surface area contributed by atoms with Crippen LogP contribution in [0, 0.1) is 5.92 Å². The molecule has 0 bridgehead atoms. The zero-order valence-corrected chi connectivity index (χ0v) is 24.3. The first kappa shape index (κ1) is 27.8. The van der Waals surface area contributed by atoms with Crippen LogP contribution in [0.25, 0.3) is 11.4 Å². The number of hydrogen-bond acceptors (Lipinski definition) is 8. The summed E-state index contributed by atoms with van der Waals surface area (Å²) >= 11 is 1.68. The van der Waals surface area contributed by atoms with E-state index < -0.39 is 0 Å². The minimum Gasteiger partial charge on any atom is -0.375 e. The monoisotopic (exact) mass is 550 g/mol. The Hall–Kier alpha value is -2.78. The number of fused-ring (bicyclic) bond motifs is 1. The number of thiazole rings is 1. The van der Waals surface area contributed by atoms with E-state index in [1.54, 1.807) is 11.3 Å². The fourth-order valence-corrected chi connectivity index (χ4v) is 6.97. The van der Waals surface area contributed by atoms with Crippen molar-refractivity contribution in [3.8, 4) is 11.4 Å². The third-order valence-corrected chi connectivity index (χ3v) is 9.25. The lowest BCUT2D eigenvalue weighted by atomic mass is 9.83. The predicted octanol–water partition coefficient (Wildman–Crippen LogP) is 5.85. The van der Waals surface area contributed by atoms with E-state index in [-0.39, 0.29) is 17.9 Å². The van der Waals surface area contributed by atoms with Gasteiger partial charge in [-0.25, -0.2) is 4.98 Å². The van der Waals surface area contributed by atoms with Gasteiger partial charge in [-0.3, -0.25) is 4.79 Å². The smallest absolute Gasteiger partial charge is 0.251 e. The van der Waals surface area contributed by atoms with Crippen LogP contribution in [0.5, 0.6) is 0 Å². The van der Waals surface area contributed by atoms with Gasteiger partial charge in [0.05, 0.1) is 5.69 Å². The first-order valence-electron chi connectivity index (χ1n) is 14.6. The van der Waals surface area contributed by atoms with E-state index in [0.717, 1.165) is 50.3 Å². The first-order valence-corrected chi connectivity index (χ1v) is 15.4. The van der Waals surface area contributed by atoms with Crippen LogP contribution in [0.2, 0.25) is 0 Å². The Bertz CT molecular complexity index is 1230. The second kappa shape index (κ2) is 12.6. The van der Waals surface area contributed by atoms with Crippen LogP contribution in [0.3, 0.4) is 0 Å². The third-order valence-electron chi connectivity index (χ3n) is 8.30. The SMILES string of the molecule is CCCN(CCC1CCC(NC(=O)c2ccc(-c3noc(C(C)C)n3)cc2)CC1)[C@@H]1CCc2nc(N)sc2C1. The lowest BCUT2D eigenvalue weighted by Crippen LogP contribution is -2.41. The molecule has 1 aromatic carbocycles. The highest BCUT2D eigenvalue weighted by molar-refractivity contribution is 7.15. The van der Waals surface area contributed by atoms with E-state index >= 15 is 0 Å². The van der Waals surface area contributed by atoms with Gasteiger partial charge >= 0.3 is 0 Å². The summed E-state index contributed by atoms with van der Waals surface area (Å²) in [5, 5.41) is 8.04. The minimum absolute atomic E-state index is 0.00419. The number of hydrogen-bond donors (Lipinski definition) is 2. The fraction of sp³-hybridized carbons (Fsp3) is 0.600. The number of nitrogen functional groups attached to an aromatic ring is 1. The molecule has 39 heavy (non-hydrogen) atoms. The van der Waals surface area contributed by atoms with Crippen LogP contribution in [-0.2, 0) is 12.8 Å². The van der Waals surface area contributed by atoms with Crippen molar-refractivity contribution in [1.82, 2.24) is 25.3 Å². The highest BCUT2D eigenvalue weighted by Crippen LogP contribution is 2.32. The summed E-state index contributed by atoms with van der Waals surface area (Å²) in [5.74, 6) is 2.10. The molecular formula is C30H42N6O2S. The lowest BCUT2D eigenvalue weighted by Gasteiger charge is -2.36. The van der Waals surface area contributed by atoms with Crippen LogP contribution in [0.1, 0.15) is 98.5 Å². The summed E-state index contributed by atoms with van der Waals surface area (Å²) in [4.78, 5) is 26.0. The van der Waals surface area contributed by atoms with Gasteiger partial charge in [-0.1, -0.05) is 38.1 Å². The van der Waals surface area contributed by atoms with Crippen LogP contribution in [0.4, 0.5) is 5.13 Å². The lowest BCUT2D eigenvalue weighted by molar-refractivity contribution is 0.0918. The van der Waals surface area contributed by atoms with Crippen molar-refractivity contribution in [2.75, 3.05) is 18.8 Å². The number of benzene rings is 1. The maximum Gasteiger partial charge on any atom is 0.251 e. The van der Waals surface area contributed by atoms with Crippen molar-refractivity contribution in [2.45, 2.75) is 96.6 Å². The number of anilines is 1. The van der Waals surface area contributed by atoms with Gasteiger partial charge in [0.2, 0.25) is 11.7 Å². The molecule has 0 radical (unpaired) electrons. The molecule has 2 aliphatic rings. The van der Waals surface area contributed by atoms with E-state index in [1.165, 1.54) is 42.7 Å². The van der Waals surface area contributed by atoms with Gasteiger partial charge in [-0.05, 0) is 88.9 Å². The highest BCUT2D eigenvalue weighted by Gasteiger charge is 2.28. The van der Waals surface area contributed by atoms with Crippen LogP contribution >= 0.6 is 11.3 Å². The molecule has 0 unspecified atom stereocenters. The van der Waals surface area contributed by atoms with Crippen molar-refractivity contribution >= 4 is 22.4 Å². The molecule has 1 fully saturated rings. The summed E-state index contributed by atoms with van der Waals surface area (Å²) in [6.45, 7) is 8.64. The average molecular weight is 551 g/mol. The minimum atomic E-state index is -0.00419. The van der Waals surface area contributed by atoms with Crippen molar-refractivity contribution in [1.29, 1.82) is 0 Å². The standard InChI is InChI=1S/C30H42N6O2S/c1-4-16-36(24-13-14-25-26(18-24)39-30(31)33-25)17-15-20-5-11-23(12-6-20)32-28(37)22-9-7-21(8-10-22)27-34-29(19(2)3)38-35-27/h7-10,19-20,23-24H,4-6,11-18H2,1-3H3,(H2,31,33)(H,32,37)/t20?,23?,24-/m1/s1. The maximum absolute atomic E-state index is 12.9. The topological polar surface area (TPSA) is 110 Å². The van der Waals surface area contributed by atoms with Crippen molar-refractivity contribution < 1.29 is 9.32 Å². The molecule has 2 aliphatic carbocycles. The largest absolute Gasteiger partial charge is 0.375 e. The Labute approximate surface area is 235 Å². The van der Waals surface area contributed by atoms with Gasteiger partial charge in [0.1, 0.15) is 0 Å². The number of nitrogens with one attached hydrogen (secondary N) is 1. The zero-order valence-electron chi connectivity index (χ0n) is 23.5. The van der Waals surface area contributed by atoms with Crippen LogP contribution in [-0.4, -0.2) is 51.1 Å². The molecule has 3 aromatic rings. The first-order chi connectivity index (χ1) is 18.9. The van der Waals surface area contributed by atoms with E-state index in [9.17, 15) is 4.79 Å². The molecule has 1 atom stereocenters. The summed E-state index contributed by atoms with van der Waals surface area (Å²) in [7, 11) is 0. The third kappa shape index (κ3) is 6.87. The molecule has 0 aliphatic heterocycles. The van der Waals surface area contributed by atoms with Crippen LogP contribution in [0.15, 0.2) is 28.8 Å². The molecule has 1 amide bonds. The maximum atomic E-state index is 12.9. The van der Waals surface area contributed by atoms with Gasteiger partial charge < -0.3 is 20.5 Å². The molecule has 8 nitrogen and oxygen atoms in total. The molecule has 2 aromatic heterocycles. The van der Waals surface area contributed by atoms with Gasteiger partial charge in [0, 0.05) is 34.0 Å². The van der Waals surface area contributed by atoms with E-state index in [2.05, 4.69) is 32.3 Å². The van der Waals surface area contributed by atoms with E-state index in [0.29, 0.717) is 28.5 Å². The molecular weight excluding hydrogens is 508 g/mol. The molecule has 1 saturated carbocycles. The second-order valence-electron chi connectivity index (χ2n) is 11.5. The Kier molecular flexibility index (Phi) is 8.97. The van der Waals surface area contributed by atoms with E-state index in [4.69, 9.17) is 10.3 Å². The zero-order chi connectivity index (χ0) is 27.4. The Morgan fingerprint density at radius 3 is 2.59 bits per heavy atom. The number of aromatic nitrogens is 3. The molecule has 3 N–H and O–H groups in total. The quantitative estimate of drug-likeness (QED) is 0.326.